The van der Waals surface area contributed by atoms with E-state index in [-0.39, 0.29) is 30.3 Å². The van der Waals surface area contributed by atoms with Gasteiger partial charge in [-0.25, -0.2) is 8.78 Å². The van der Waals surface area contributed by atoms with Gasteiger partial charge in [0.25, 0.3) is 0 Å². The molecular formula is C20H16BrF2NO3. The number of rotatable bonds is 4. The highest BCUT2D eigenvalue weighted by molar-refractivity contribution is 9.10. The summed E-state index contributed by atoms with van der Waals surface area (Å²) in [6.45, 7) is 0. The van der Waals surface area contributed by atoms with Gasteiger partial charge in [-0.15, -0.1) is 0 Å². The molecule has 0 unspecified atom stereocenters. The standard InChI is InChI=1S/C20H16BrF2NO3/c1-27-19-8-13(16(21)11-17(19)23)9-20(26)24-7-6-15(25)10-18(24)12-2-4-14(22)5-3-12/h2-8,11,18H,9-10H2,1H3/t18-/m0/s1. The molecule has 0 fully saturated rings. The number of ether oxygens (including phenoxy) is 1. The van der Waals surface area contributed by atoms with Crippen molar-refractivity contribution in [3.8, 4) is 5.75 Å². The Balaban J connectivity index is 1.88. The van der Waals surface area contributed by atoms with Gasteiger partial charge in [0.15, 0.2) is 17.3 Å². The van der Waals surface area contributed by atoms with Crippen LogP contribution in [0, 0.1) is 11.6 Å². The Hall–Kier alpha value is -2.54. The Morgan fingerprint density at radius 2 is 1.96 bits per heavy atom. The zero-order chi connectivity index (χ0) is 19.6. The first-order valence-electron chi connectivity index (χ1n) is 8.18. The van der Waals surface area contributed by atoms with Crippen molar-refractivity contribution < 1.29 is 23.1 Å². The van der Waals surface area contributed by atoms with E-state index in [1.165, 1.54) is 48.6 Å². The number of nitrogens with zero attached hydrogens (tertiary/aromatic N) is 1. The molecule has 1 aliphatic rings. The van der Waals surface area contributed by atoms with Crippen LogP contribution in [-0.4, -0.2) is 23.7 Å². The fourth-order valence-corrected chi connectivity index (χ4v) is 3.42. The Morgan fingerprint density at radius 1 is 1.26 bits per heavy atom. The molecule has 0 spiro atoms. The topological polar surface area (TPSA) is 46.6 Å². The third-order valence-electron chi connectivity index (χ3n) is 4.36. The van der Waals surface area contributed by atoms with E-state index in [0.29, 0.717) is 15.6 Å². The molecule has 1 heterocycles. The largest absolute Gasteiger partial charge is 0.494 e. The Morgan fingerprint density at radius 3 is 2.63 bits per heavy atom. The van der Waals surface area contributed by atoms with E-state index in [2.05, 4.69) is 15.9 Å². The van der Waals surface area contributed by atoms with Gasteiger partial charge < -0.3 is 9.64 Å². The van der Waals surface area contributed by atoms with Gasteiger partial charge in [0.1, 0.15) is 5.82 Å². The van der Waals surface area contributed by atoms with Gasteiger partial charge in [0, 0.05) is 17.1 Å². The normalized spacial score (nSPS) is 16.5. The van der Waals surface area contributed by atoms with Crippen molar-refractivity contribution in [1.82, 2.24) is 4.90 Å². The second-order valence-corrected chi connectivity index (χ2v) is 6.96. The van der Waals surface area contributed by atoms with Crippen LogP contribution < -0.4 is 4.74 Å². The molecule has 1 aliphatic heterocycles. The van der Waals surface area contributed by atoms with Gasteiger partial charge in [-0.1, -0.05) is 28.1 Å². The number of methoxy groups -OCH3 is 1. The minimum absolute atomic E-state index is 0.0204. The monoisotopic (exact) mass is 435 g/mol. The molecule has 0 saturated heterocycles. The third kappa shape index (κ3) is 4.24. The lowest BCUT2D eigenvalue weighted by Gasteiger charge is -2.31. The van der Waals surface area contributed by atoms with E-state index in [9.17, 15) is 18.4 Å². The van der Waals surface area contributed by atoms with E-state index in [4.69, 9.17) is 4.74 Å². The average molecular weight is 436 g/mol. The highest BCUT2D eigenvalue weighted by Crippen LogP contribution is 2.31. The summed E-state index contributed by atoms with van der Waals surface area (Å²) in [5, 5.41) is 0. The van der Waals surface area contributed by atoms with E-state index < -0.39 is 17.7 Å². The van der Waals surface area contributed by atoms with Crippen molar-refractivity contribution in [3.63, 3.8) is 0 Å². The molecule has 1 amide bonds. The number of hydrogen-bond donors (Lipinski definition) is 0. The summed E-state index contributed by atoms with van der Waals surface area (Å²) < 4.78 is 32.4. The summed E-state index contributed by atoms with van der Waals surface area (Å²) >= 11 is 3.26. The van der Waals surface area contributed by atoms with E-state index in [1.54, 1.807) is 12.1 Å². The second kappa shape index (κ2) is 8.00. The van der Waals surface area contributed by atoms with Gasteiger partial charge in [0.2, 0.25) is 5.91 Å². The van der Waals surface area contributed by atoms with Gasteiger partial charge >= 0.3 is 0 Å². The molecule has 7 heteroatoms. The highest BCUT2D eigenvalue weighted by atomic mass is 79.9. The lowest BCUT2D eigenvalue weighted by Crippen LogP contribution is -2.35. The SMILES string of the molecule is COc1cc(CC(=O)N2C=CC(=O)C[C@H]2c2ccc(F)cc2)c(Br)cc1F. The summed E-state index contributed by atoms with van der Waals surface area (Å²) in [6, 6.07) is 7.89. The fourth-order valence-electron chi connectivity index (χ4n) is 2.96. The van der Waals surface area contributed by atoms with Crippen molar-refractivity contribution >= 4 is 27.6 Å². The summed E-state index contributed by atoms with van der Waals surface area (Å²) in [4.78, 5) is 26.2. The van der Waals surface area contributed by atoms with Gasteiger partial charge in [-0.2, -0.15) is 0 Å². The smallest absolute Gasteiger partial charge is 0.231 e. The van der Waals surface area contributed by atoms with Crippen molar-refractivity contribution in [2.24, 2.45) is 0 Å². The molecule has 140 valence electrons. The number of halogens is 3. The number of hydrogen-bond acceptors (Lipinski definition) is 3. The predicted molar refractivity (Wildman–Crippen MR) is 99.1 cm³/mol. The number of carbonyl (C=O) groups excluding carboxylic acids is 2. The van der Waals surface area contributed by atoms with Crippen molar-refractivity contribution in [3.05, 3.63) is 75.9 Å². The van der Waals surface area contributed by atoms with Crippen LogP contribution in [0.15, 0.2) is 53.1 Å². The molecule has 0 N–H and O–H groups in total. The van der Waals surface area contributed by atoms with Crippen LogP contribution in [0.5, 0.6) is 5.75 Å². The van der Waals surface area contributed by atoms with E-state index in [0.717, 1.165) is 0 Å². The predicted octanol–water partition coefficient (Wildman–Crippen LogP) is 4.33. The molecule has 3 rings (SSSR count). The Kier molecular flexibility index (Phi) is 5.70. The molecule has 2 aromatic rings. The molecule has 1 atom stereocenters. The molecule has 0 saturated carbocycles. The van der Waals surface area contributed by atoms with Crippen molar-refractivity contribution in [2.45, 2.75) is 18.9 Å². The number of carbonyl (C=O) groups is 2. The third-order valence-corrected chi connectivity index (χ3v) is 5.09. The maximum atomic E-state index is 13.8. The van der Waals surface area contributed by atoms with Crippen molar-refractivity contribution in [1.29, 1.82) is 0 Å². The second-order valence-electron chi connectivity index (χ2n) is 6.11. The molecule has 0 aromatic heterocycles. The first kappa shape index (κ1) is 19.2. The first-order chi connectivity index (χ1) is 12.9. The van der Waals surface area contributed by atoms with Gasteiger partial charge in [-0.3, -0.25) is 9.59 Å². The lowest BCUT2D eigenvalue weighted by molar-refractivity contribution is -0.131. The number of amides is 1. The molecule has 4 nitrogen and oxygen atoms in total. The molecule has 0 radical (unpaired) electrons. The number of ketones is 1. The minimum Gasteiger partial charge on any atom is -0.494 e. The highest BCUT2D eigenvalue weighted by Gasteiger charge is 2.29. The zero-order valence-electron chi connectivity index (χ0n) is 14.4. The number of allylic oxidation sites excluding steroid dienone is 1. The van der Waals surface area contributed by atoms with Gasteiger partial charge in [-0.05, 0) is 41.5 Å². The summed E-state index contributed by atoms with van der Waals surface area (Å²) in [7, 11) is 1.35. The minimum atomic E-state index is -0.534. The van der Waals surface area contributed by atoms with Gasteiger partial charge in [0.05, 0.1) is 19.6 Å². The fraction of sp³-hybridized carbons (Fsp3) is 0.200. The molecule has 0 bridgehead atoms. The van der Waals surface area contributed by atoms with Crippen LogP contribution in [0.25, 0.3) is 0 Å². The van der Waals surface area contributed by atoms with Crippen LogP contribution in [0.3, 0.4) is 0 Å². The van der Waals surface area contributed by atoms with E-state index >= 15 is 0 Å². The Labute approximate surface area is 163 Å². The summed E-state index contributed by atoms with van der Waals surface area (Å²) in [6.07, 6.45) is 2.88. The average Bonchev–Trinajstić information content (AvgIpc) is 2.64. The Bertz CT molecular complexity index is 912. The number of benzene rings is 2. The zero-order valence-corrected chi connectivity index (χ0v) is 16.0. The molecule has 0 aliphatic carbocycles. The van der Waals surface area contributed by atoms with E-state index in [1.807, 2.05) is 0 Å². The van der Waals surface area contributed by atoms with Crippen LogP contribution in [0.2, 0.25) is 0 Å². The lowest BCUT2D eigenvalue weighted by atomic mass is 9.96. The summed E-state index contributed by atoms with van der Waals surface area (Å²) in [5.41, 5.74) is 1.22. The van der Waals surface area contributed by atoms with Crippen LogP contribution in [0.1, 0.15) is 23.6 Å². The van der Waals surface area contributed by atoms with Crippen LogP contribution >= 0.6 is 15.9 Å². The maximum Gasteiger partial charge on any atom is 0.231 e. The molecular weight excluding hydrogens is 420 g/mol. The molecule has 27 heavy (non-hydrogen) atoms. The quantitative estimate of drug-likeness (QED) is 0.717. The molecule has 2 aromatic carbocycles. The first-order valence-corrected chi connectivity index (χ1v) is 8.98. The summed E-state index contributed by atoms with van der Waals surface area (Å²) in [5.74, 6) is -1.27. The maximum absolute atomic E-state index is 13.8. The van der Waals surface area contributed by atoms with Crippen LogP contribution in [0.4, 0.5) is 8.78 Å². The van der Waals surface area contributed by atoms with Crippen molar-refractivity contribution in [2.75, 3.05) is 7.11 Å². The van der Waals surface area contributed by atoms with Crippen LogP contribution in [-0.2, 0) is 16.0 Å².